The molecular formula is C21H23N3O2. The number of nitrogens with one attached hydrogen (secondary N) is 1. The third-order valence-corrected chi connectivity index (χ3v) is 4.34. The number of hydrogen-bond donors (Lipinski definition) is 1. The number of carbonyl (C=O) groups excluding carboxylic acids is 1. The molecule has 3 aromatic rings. The second kappa shape index (κ2) is 7.87. The average molecular weight is 349 g/mol. The van der Waals surface area contributed by atoms with Crippen molar-refractivity contribution in [3.8, 4) is 5.75 Å². The molecule has 3 rings (SSSR count). The number of rotatable bonds is 6. The Kier molecular flexibility index (Phi) is 5.37. The maximum absolute atomic E-state index is 12.8. The molecule has 134 valence electrons. The molecule has 5 nitrogen and oxygen atoms in total. The van der Waals surface area contributed by atoms with Crippen LogP contribution in [0.2, 0.25) is 0 Å². The van der Waals surface area contributed by atoms with Crippen molar-refractivity contribution in [2.75, 3.05) is 7.11 Å². The summed E-state index contributed by atoms with van der Waals surface area (Å²) in [5.41, 5.74) is 3.00. The number of nitrogens with zero attached hydrogens (tertiary/aromatic N) is 2. The molecule has 1 atom stereocenters. The number of amides is 1. The molecule has 26 heavy (non-hydrogen) atoms. The van der Waals surface area contributed by atoms with Crippen LogP contribution in [0.1, 0.15) is 28.6 Å². The van der Waals surface area contributed by atoms with Gasteiger partial charge in [0.05, 0.1) is 13.5 Å². The summed E-state index contributed by atoms with van der Waals surface area (Å²) in [5, 5.41) is 3.13. The monoisotopic (exact) mass is 349 g/mol. The molecule has 0 saturated carbocycles. The zero-order valence-electron chi connectivity index (χ0n) is 15.3. The van der Waals surface area contributed by atoms with Crippen molar-refractivity contribution in [3.63, 3.8) is 0 Å². The Morgan fingerprint density at radius 1 is 1.23 bits per heavy atom. The molecule has 0 saturated heterocycles. The van der Waals surface area contributed by atoms with Gasteiger partial charge in [-0.25, -0.2) is 4.98 Å². The van der Waals surface area contributed by atoms with Gasteiger partial charge in [-0.1, -0.05) is 48.0 Å². The topological polar surface area (TPSA) is 56.1 Å². The minimum absolute atomic E-state index is 0.0796. The molecule has 0 radical (unpaired) electrons. The van der Waals surface area contributed by atoms with Crippen molar-refractivity contribution in [2.45, 2.75) is 19.4 Å². The minimum Gasteiger partial charge on any atom is -0.496 e. The van der Waals surface area contributed by atoms with E-state index in [0.29, 0.717) is 5.75 Å². The molecule has 0 aliphatic rings. The molecule has 0 aliphatic heterocycles. The van der Waals surface area contributed by atoms with Gasteiger partial charge in [0.1, 0.15) is 17.6 Å². The van der Waals surface area contributed by atoms with Crippen LogP contribution in [0.25, 0.3) is 0 Å². The predicted octanol–water partition coefficient (Wildman–Crippen LogP) is 3.19. The van der Waals surface area contributed by atoms with Gasteiger partial charge < -0.3 is 14.6 Å². The van der Waals surface area contributed by atoms with E-state index in [1.807, 2.05) is 67.2 Å². The average Bonchev–Trinajstić information content (AvgIpc) is 3.06. The summed E-state index contributed by atoms with van der Waals surface area (Å²) in [7, 11) is 3.54. The van der Waals surface area contributed by atoms with Crippen molar-refractivity contribution in [1.29, 1.82) is 0 Å². The van der Waals surface area contributed by atoms with Crippen LogP contribution in [0.5, 0.6) is 5.75 Å². The summed E-state index contributed by atoms with van der Waals surface area (Å²) in [6, 6.07) is 15.4. The first-order chi connectivity index (χ1) is 12.6. The van der Waals surface area contributed by atoms with Crippen molar-refractivity contribution >= 4 is 5.91 Å². The predicted molar refractivity (Wildman–Crippen MR) is 101 cm³/mol. The number of aryl methyl sites for hydroxylation is 2. The van der Waals surface area contributed by atoms with E-state index >= 15 is 0 Å². The molecule has 1 heterocycles. The van der Waals surface area contributed by atoms with Gasteiger partial charge in [-0.2, -0.15) is 0 Å². The number of benzene rings is 2. The Bertz CT molecular complexity index is 902. The molecule has 1 unspecified atom stereocenters. The second-order valence-electron chi connectivity index (χ2n) is 6.30. The van der Waals surface area contributed by atoms with E-state index in [0.717, 1.165) is 22.5 Å². The lowest BCUT2D eigenvalue weighted by Gasteiger charge is -2.20. The van der Waals surface area contributed by atoms with Crippen LogP contribution in [0.3, 0.4) is 0 Å². The standard InChI is InChI=1S/C21H23N3O2/c1-15-7-6-9-17(13-15)20(21-22-11-12-24(21)2)23-19(25)14-16-8-4-5-10-18(16)26-3/h4-13,20H,14H2,1-3H3,(H,23,25). The maximum Gasteiger partial charge on any atom is 0.225 e. The summed E-state index contributed by atoms with van der Waals surface area (Å²) in [5.74, 6) is 1.43. The molecule has 0 aliphatic carbocycles. The van der Waals surface area contributed by atoms with Gasteiger partial charge in [-0.3, -0.25) is 4.79 Å². The van der Waals surface area contributed by atoms with Crippen LogP contribution in [-0.2, 0) is 18.3 Å². The molecule has 0 bridgehead atoms. The van der Waals surface area contributed by atoms with Gasteiger partial charge in [-0.15, -0.1) is 0 Å². The summed E-state index contributed by atoms with van der Waals surface area (Å²) >= 11 is 0. The highest BCUT2D eigenvalue weighted by atomic mass is 16.5. The molecule has 5 heteroatoms. The van der Waals surface area contributed by atoms with E-state index in [1.165, 1.54) is 0 Å². The summed E-state index contributed by atoms with van der Waals surface area (Å²) < 4.78 is 7.27. The number of imidazole rings is 1. The van der Waals surface area contributed by atoms with E-state index in [4.69, 9.17) is 4.74 Å². The first-order valence-electron chi connectivity index (χ1n) is 8.53. The first kappa shape index (κ1) is 17.7. The van der Waals surface area contributed by atoms with E-state index in [2.05, 4.69) is 16.4 Å². The van der Waals surface area contributed by atoms with Crippen molar-refractivity contribution in [1.82, 2.24) is 14.9 Å². The van der Waals surface area contributed by atoms with Gasteiger partial charge in [0, 0.05) is 25.0 Å². The van der Waals surface area contributed by atoms with E-state index in [1.54, 1.807) is 13.3 Å². The van der Waals surface area contributed by atoms with Crippen molar-refractivity contribution in [3.05, 3.63) is 83.4 Å². The lowest BCUT2D eigenvalue weighted by atomic mass is 10.0. The van der Waals surface area contributed by atoms with Crippen LogP contribution in [0, 0.1) is 6.92 Å². The highest BCUT2D eigenvalue weighted by molar-refractivity contribution is 5.80. The van der Waals surface area contributed by atoms with E-state index < -0.39 is 0 Å². The molecule has 2 aromatic carbocycles. The van der Waals surface area contributed by atoms with E-state index in [9.17, 15) is 4.79 Å². The Balaban J connectivity index is 1.86. The zero-order chi connectivity index (χ0) is 18.5. The molecule has 0 spiro atoms. The van der Waals surface area contributed by atoms with Gasteiger partial charge in [0.25, 0.3) is 0 Å². The highest BCUT2D eigenvalue weighted by Crippen LogP contribution is 2.23. The molecule has 1 aromatic heterocycles. The normalized spacial score (nSPS) is 11.8. The lowest BCUT2D eigenvalue weighted by molar-refractivity contribution is -0.121. The number of aromatic nitrogens is 2. The second-order valence-corrected chi connectivity index (χ2v) is 6.30. The summed E-state index contributed by atoms with van der Waals surface area (Å²) in [6.45, 7) is 2.04. The van der Waals surface area contributed by atoms with Crippen molar-refractivity contribution < 1.29 is 9.53 Å². The smallest absolute Gasteiger partial charge is 0.225 e. The number of hydrogen-bond acceptors (Lipinski definition) is 3. The highest BCUT2D eigenvalue weighted by Gasteiger charge is 2.21. The largest absolute Gasteiger partial charge is 0.496 e. The fraction of sp³-hybridized carbons (Fsp3) is 0.238. The Labute approximate surface area is 153 Å². The first-order valence-corrected chi connectivity index (χ1v) is 8.53. The number of carbonyl (C=O) groups is 1. The third-order valence-electron chi connectivity index (χ3n) is 4.34. The van der Waals surface area contributed by atoms with Crippen molar-refractivity contribution in [2.24, 2.45) is 7.05 Å². The fourth-order valence-electron chi connectivity index (χ4n) is 3.04. The van der Waals surface area contributed by atoms with Gasteiger partial charge in [-0.05, 0) is 18.6 Å². The van der Waals surface area contributed by atoms with Gasteiger partial charge >= 0.3 is 0 Å². The maximum atomic E-state index is 12.8. The minimum atomic E-state index is -0.308. The number of methoxy groups -OCH3 is 1. The quantitative estimate of drug-likeness (QED) is 0.744. The summed E-state index contributed by atoms with van der Waals surface area (Å²) in [6.07, 6.45) is 3.87. The lowest BCUT2D eigenvalue weighted by Crippen LogP contribution is -2.32. The molecular weight excluding hydrogens is 326 g/mol. The van der Waals surface area contributed by atoms with Gasteiger partial charge in [0.2, 0.25) is 5.91 Å². The van der Waals surface area contributed by atoms with Crippen LogP contribution in [0.15, 0.2) is 60.9 Å². The molecule has 1 N–H and O–H groups in total. The Hall–Kier alpha value is -3.08. The fourth-order valence-corrected chi connectivity index (χ4v) is 3.04. The van der Waals surface area contributed by atoms with Crippen LogP contribution in [0.4, 0.5) is 0 Å². The zero-order valence-corrected chi connectivity index (χ0v) is 15.3. The molecule has 0 fully saturated rings. The number of para-hydroxylation sites is 1. The van der Waals surface area contributed by atoms with Crippen LogP contribution >= 0.6 is 0 Å². The third kappa shape index (κ3) is 3.94. The van der Waals surface area contributed by atoms with Crippen LogP contribution < -0.4 is 10.1 Å². The Morgan fingerprint density at radius 2 is 2.04 bits per heavy atom. The van der Waals surface area contributed by atoms with E-state index in [-0.39, 0.29) is 18.4 Å². The SMILES string of the molecule is COc1ccccc1CC(=O)NC(c1cccc(C)c1)c1nccn1C. The number of ether oxygens (including phenoxy) is 1. The van der Waals surface area contributed by atoms with Gasteiger partial charge in [0.15, 0.2) is 0 Å². The molecule has 1 amide bonds. The Morgan fingerprint density at radius 3 is 2.73 bits per heavy atom. The van der Waals surface area contributed by atoms with Crippen LogP contribution in [-0.4, -0.2) is 22.6 Å². The summed E-state index contributed by atoms with van der Waals surface area (Å²) in [4.78, 5) is 17.2.